The molecular formula is C31H36F2N7O3S+. The SMILES string of the molecule is CC(Nc1nc(Nc2cc(C3CC3)[nH]n2)c(F)cc1CNC(=O)C[N@+](C)(CCc1ccccc1)S(=O)O)c1ccc(F)cc1. The summed E-state index contributed by atoms with van der Waals surface area (Å²) in [5.41, 5.74) is 3.11. The Morgan fingerprint density at radius 2 is 1.84 bits per heavy atom. The Kier molecular flexibility index (Phi) is 9.67. The van der Waals surface area contributed by atoms with Crippen LogP contribution in [0.1, 0.15) is 54.1 Å². The van der Waals surface area contributed by atoms with Gasteiger partial charge in [-0.05, 0) is 49.1 Å². The molecule has 0 radical (unpaired) electrons. The number of rotatable bonds is 14. The highest BCUT2D eigenvalue weighted by Gasteiger charge is 2.32. The van der Waals surface area contributed by atoms with Crippen LogP contribution in [-0.2, 0) is 29.0 Å². The van der Waals surface area contributed by atoms with E-state index in [2.05, 4.69) is 31.1 Å². The summed E-state index contributed by atoms with van der Waals surface area (Å²) in [7, 11) is 1.54. The van der Waals surface area contributed by atoms with Crippen molar-refractivity contribution in [1.29, 1.82) is 0 Å². The molecule has 2 unspecified atom stereocenters. The molecule has 1 fully saturated rings. The summed E-state index contributed by atoms with van der Waals surface area (Å²) in [6, 6.07) is 18.3. The Bertz CT molecular complexity index is 1620. The van der Waals surface area contributed by atoms with Crippen LogP contribution in [0.25, 0.3) is 0 Å². The van der Waals surface area contributed by atoms with E-state index in [1.54, 1.807) is 19.2 Å². The summed E-state index contributed by atoms with van der Waals surface area (Å²) in [6.07, 6.45) is 2.68. The zero-order chi connectivity index (χ0) is 31.3. The number of H-pyrrole nitrogens is 1. The van der Waals surface area contributed by atoms with E-state index in [1.807, 2.05) is 43.3 Å². The van der Waals surface area contributed by atoms with E-state index >= 15 is 4.39 Å². The highest BCUT2D eigenvalue weighted by Crippen LogP contribution is 2.39. The molecule has 4 aromatic rings. The number of pyridine rings is 1. The fourth-order valence-corrected chi connectivity index (χ4v) is 5.29. The van der Waals surface area contributed by atoms with Crippen molar-refractivity contribution in [2.24, 2.45) is 0 Å². The average Bonchev–Trinajstić information content (AvgIpc) is 3.75. The second-order valence-electron chi connectivity index (χ2n) is 11.3. The van der Waals surface area contributed by atoms with Crippen LogP contribution < -0.4 is 16.0 Å². The van der Waals surface area contributed by atoms with Gasteiger partial charge in [-0.25, -0.2) is 17.7 Å². The number of aromatic amines is 1. The molecule has 13 heteroatoms. The minimum atomic E-state index is -2.32. The third-order valence-electron chi connectivity index (χ3n) is 7.69. The standard InChI is InChI=1S/C31H35F2N7O3S/c1-20(22-10-12-25(32)13-11-22)35-30-24(16-26(33)31(37-30)36-28-17-27(38-39-28)23-8-9-23)18-34-29(41)19-40(2,44(42)43)15-14-21-6-4-3-5-7-21/h3-7,10-13,16-17,20,23H,8-9,14-15,18-19H2,1-2H3,(H4-,34,35,36,37,38,39,41,42,43)/p+1/t20?,40-/m0/s1. The molecule has 0 saturated heterocycles. The monoisotopic (exact) mass is 624 g/mol. The molecule has 44 heavy (non-hydrogen) atoms. The van der Waals surface area contributed by atoms with Gasteiger partial charge in [-0.3, -0.25) is 14.4 Å². The number of nitrogens with zero attached hydrogens (tertiary/aromatic N) is 3. The van der Waals surface area contributed by atoms with Crippen molar-refractivity contribution in [2.75, 3.05) is 30.8 Å². The molecule has 1 aliphatic rings. The van der Waals surface area contributed by atoms with Gasteiger partial charge in [-0.1, -0.05) is 42.5 Å². The number of anilines is 3. The van der Waals surface area contributed by atoms with Gasteiger partial charge in [0.05, 0.1) is 13.6 Å². The molecule has 0 bridgehead atoms. The minimum Gasteiger partial charge on any atom is -0.363 e. The molecule has 10 nitrogen and oxygen atoms in total. The number of carbonyl (C=O) groups excluding carboxylic acids is 1. The zero-order valence-corrected chi connectivity index (χ0v) is 25.3. The molecule has 1 saturated carbocycles. The van der Waals surface area contributed by atoms with Gasteiger partial charge in [0.2, 0.25) is 0 Å². The Morgan fingerprint density at radius 1 is 1.11 bits per heavy atom. The number of quaternary nitrogens is 1. The van der Waals surface area contributed by atoms with Crippen molar-refractivity contribution < 1.29 is 26.2 Å². The third kappa shape index (κ3) is 8.04. The van der Waals surface area contributed by atoms with Gasteiger partial charge in [-0.2, -0.15) is 9.31 Å². The summed E-state index contributed by atoms with van der Waals surface area (Å²) >= 11 is -2.32. The van der Waals surface area contributed by atoms with Crippen LogP contribution in [0.15, 0.2) is 66.7 Å². The summed E-state index contributed by atoms with van der Waals surface area (Å²) in [5.74, 6) is -0.366. The lowest BCUT2D eigenvalue weighted by atomic mass is 10.1. The number of halogens is 2. The number of carbonyl (C=O) groups is 1. The average molecular weight is 625 g/mol. The van der Waals surface area contributed by atoms with Crippen molar-refractivity contribution in [2.45, 2.75) is 44.7 Å². The summed E-state index contributed by atoms with van der Waals surface area (Å²) < 4.78 is 50.7. The number of amides is 1. The fraction of sp³-hybridized carbons (Fsp3) is 0.323. The molecule has 232 valence electrons. The smallest absolute Gasteiger partial charge is 0.358 e. The highest BCUT2D eigenvalue weighted by molar-refractivity contribution is 7.73. The maximum Gasteiger partial charge on any atom is 0.358 e. The lowest BCUT2D eigenvalue weighted by Gasteiger charge is -2.28. The molecule has 5 N–H and O–H groups in total. The number of nitrogens with one attached hydrogen (secondary N) is 4. The summed E-state index contributed by atoms with van der Waals surface area (Å²) in [6.45, 7) is 1.76. The molecule has 3 atom stereocenters. The Labute approximate surface area is 257 Å². The van der Waals surface area contributed by atoms with Gasteiger partial charge in [0, 0.05) is 42.2 Å². The molecule has 2 aromatic heterocycles. The van der Waals surface area contributed by atoms with Crippen molar-refractivity contribution in [1.82, 2.24) is 20.5 Å². The van der Waals surface area contributed by atoms with Gasteiger partial charge in [0.15, 0.2) is 24.0 Å². The summed E-state index contributed by atoms with van der Waals surface area (Å²) in [4.78, 5) is 17.5. The van der Waals surface area contributed by atoms with E-state index in [9.17, 15) is 17.9 Å². The maximum atomic E-state index is 15.3. The van der Waals surface area contributed by atoms with Crippen molar-refractivity contribution >= 4 is 34.6 Å². The quantitative estimate of drug-likeness (QED) is 0.0948. The predicted octanol–water partition coefficient (Wildman–Crippen LogP) is 5.32. The molecular weight excluding hydrogens is 588 g/mol. The zero-order valence-electron chi connectivity index (χ0n) is 24.5. The topological polar surface area (TPSA) is 132 Å². The van der Waals surface area contributed by atoms with Gasteiger partial charge >= 0.3 is 11.3 Å². The van der Waals surface area contributed by atoms with E-state index < -0.39 is 26.9 Å². The van der Waals surface area contributed by atoms with Gasteiger partial charge in [-0.15, -0.1) is 0 Å². The van der Waals surface area contributed by atoms with E-state index in [4.69, 9.17) is 0 Å². The number of likely N-dealkylation sites (N-methyl/N-ethyl adjacent to an activating group) is 1. The molecule has 2 heterocycles. The number of aromatic nitrogens is 3. The number of benzene rings is 2. The lowest BCUT2D eigenvalue weighted by Crippen LogP contribution is -2.52. The van der Waals surface area contributed by atoms with Crippen LogP contribution in [0.3, 0.4) is 0 Å². The first-order valence-corrected chi connectivity index (χ1v) is 15.5. The van der Waals surface area contributed by atoms with Crippen LogP contribution in [-0.4, -0.2) is 53.9 Å². The van der Waals surface area contributed by atoms with Gasteiger partial charge in [0.1, 0.15) is 11.6 Å². The number of hydrogen-bond acceptors (Lipinski definition) is 6. The predicted molar refractivity (Wildman–Crippen MR) is 165 cm³/mol. The summed E-state index contributed by atoms with van der Waals surface area (Å²) in [5, 5.41) is 16.1. The minimum absolute atomic E-state index is 0.0523. The van der Waals surface area contributed by atoms with Crippen molar-refractivity contribution in [3.63, 3.8) is 0 Å². The lowest BCUT2D eigenvalue weighted by molar-refractivity contribution is -0.775. The van der Waals surface area contributed by atoms with Crippen LogP contribution in [0, 0.1) is 11.6 Å². The van der Waals surface area contributed by atoms with E-state index in [0.29, 0.717) is 29.5 Å². The molecule has 0 spiro atoms. The Hall–Kier alpha value is -4.20. The van der Waals surface area contributed by atoms with Crippen LogP contribution in [0.5, 0.6) is 0 Å². The largest absolute Gasteiger partial charge is 0.363 e. The van der Waals surface area contributed by atoms with Crippen LogP contribution in [0.4, 0.5) is 26.2 Å². The van der Waals surface area contributed by atoms with E-state index in [0.717, 1.165) is 29.7 Å². The normalized spacial score (nSPS) is 15.7. The van der Waals surface area contributed by atoms with Crippen LogP contribution >= 0.6 is 0 Å². The molecule has 5 rings (SSSR count). The molecule has 1 amide bonds. The van der Waals surface area contributed by atoms with E-state index in [-0.39, 0.29) is 37.3 Å². The van der Waals surface area contributed by atoms with Gasteiger partial charge in [0.25, 0.3) is 5.91 Å². The number of hydrogen-bond donors (Lipinski definition) is 5. The fourth-order valence-electron chi connectivity index (χ4n) is 4.82. The third-order valence-corrected chi connectivity index (χ3v) is 8.75. The van der Waals surface area contributed by atoms with Crippen molar-refractivity contribution in [3.05, 3.63) is 101 Å². The highest BCUT2D eigenvalue weighted by atomic mass is 32.2. The first-order chi connectivity index (χ1) is 21.1. The maximum absolute atomic E-state index is 15.3. The first-order valence-electron chi connectivity index (χ1n) is 14.4. The molecule has 2 aromatic carbocycles. The first kappa shape index (κ1) is 31.2. The Balaban J connectivity index is 1.32. The Morgan fingerprint density at radius 3 is 2.52 bits per heavy atom. The van der Waals surface area contributed by atoms with E-state index in [1.165, 1.54) is 18.2 Å². The molecule has 1 aliphatic carbocycles. The second kappa shape index (κ2) is 13.6. The second-order valence-corrected chi connectivity index (χ2v) is 12.6. The molecule has 0 aliphatic heterocycles. The van der Waals surface area contributed by atoms with Crippen molar-refractivity contribution in [3.8, 4) is 0 Å². The van der Waals surface area contributed by atoms with Gasteiger partial charge < -0.3 is 16.0 Å². The van der Waals surface area contributed by atoms with Crippen LogP contribution in [0.2, 0.25) is 0 Å².